The molecule has 0 bridgehead atoms. The molecule has 0 amide bonds. The molecule has 0 fully saturated rings. The van der Waals surface area contributed by atoms with Gasteiger partial charge in [0.2, 0.25) is 0 Å². The third kappa shape index (κ3) is 3.80. The van der Waals surface area contributed by atoms with Gasteiger partial charge in [-0.2, -0.15) is 0 Å². The number of hydrogen-bond acceptors (Lipinski definition) is 3. The van der Waals surface area contributed by atoms with Crippen LogP contribution < -0.4 is 0 Å². The highest BCUT2D eigenvalue weighted by atomic mass is 14.9. The highest BCUT2D eigenvalue weighted by molar-refractivity contribution is 6.23. The molecule has 4 aromatic carbocycles. The zero-order chi connectivity index (χ0) is 28.4. The molecular formula is C36H33N5. The number of hydrogen-bond donors (Lipinski definition) is 2. The summed E-state index contributed by atoms with van der Waals surface area (Å²) in [5.74, 6) is 2.61. The molecule has 3 heterocycles. The number of nitrogens with zero attached hydrogens (tertiary/aromatic N) is 3. The number of pyridine rings is 1. The van der Waals surface area contributed by atoms with Gasteiger partial charge in [-0.25, -0.2) is 9.97 Å². The van der Waals surface area contributed by atoms with Crippen LogP contribution in [0, 0.1) is 0 Å². The van der Waals surface area contributed by atoms with Crippen LogP contribution in [0.5, 0.6) is 0 Å². The van der Waals surface area contributed by atoms with Crippen LogP contribution in [0.15, 0.2) is 67.5 Å². The number of aromatic nitrogens is 5. The van der Waals surface area contributed by atoms with Crippen molar-refractivity contribution in [1.82, 2.24) is 24.9 Å². The highest BCUT2D eigenvalue weighted by Crippen LogP contribution is 2.39. The Morgan fingerprint density at radius 1 is 0.683 bits per heavy atom. The van der Waals surface area contributed by atoms with Crippen LogP contribution in [0.25, 0.3) is 77.7 Å². The maximum atomic E-state index is 5.03. The zero-order valence-electron chi connectivity index (χ0n) is 24.1. The van der Waals surface area contributed by atoms with Crippen molar-refractivity contribution in [2.24, 2.45) is 0 Å². The van der Waals surface area contributed by atoms with Crippen LogP contribution in [0.4, 0.5) is 0 Å². The average Bonchev–Trinajstić information content (AvgIpc) is 3.64. The van der Waals surface area contributed by atoms with E-state index in [1.54, 1.807) is 0 Å². The number of benzene rings is 4. The van der Waals surface area contributed by atoms with Crippen LogP contribution in [0.1, 0.15) is 69.2 Å². The summed E-state index contributed by atoms with van der Waals surface area (Å²) in [5, 5.41) is 6.91. The number of rotatable bonds is 5. The molecule has 0 aliphatic rings. The smallest absolute Gasteiger partial charge is 0.109 e. The first-order valence-electron chi connectivity index (χ1n) is 14.3. The van der Waals surface area contributed by atoms with E-state index < -0.39 is 0 Å². The molecule has 5 heteroatoms. The fraction of sp³-hybridized carbons (Fsp3) is 0.194. The SMILES string of the molecule is C=Cc1c(/C=C\C)c2cc(-c3ccc4c(c3)c3ccncc3c3nc(C(C)C)[nH]c43)ccc2c2nc(C(C)C)[nH]c12. The van der Waals surface area contributed by atoms with Crippen molar-refractivity contribution < 1.29 is 0 Å². The number of allylic oxidation sites excluding steroid dienone is 1. The van der Waals surface area contributed by atoms with Crippen molar-refractivity contribution in [2.45, 2.75) is 46.5 Å². The largest absolute Gasteiger partial charge is 0.341 e. The summed E-state index contributed by atoms with van der Waals surface area (Å²) in [6, 6.07) is 15.6. The Hall–Kier alpha value is -4.77. The summed E-state index contributed by atoms with van der Waals surface area (Å²) in [7, 11) is 0. The number of aromatic amines is 2. The van der Waals surface area contributed by atoms with Crippen LogP contribution in [0.3, 0.4) is 0 Å². The minimum atomic E-state index is 0.306. The molecule has 5 nitrogen and oxygen atoms in total. The van der Waals surface area contributed by atoms with Gasteiger partial charge in [-0.15, -0.1) is 0 Å². The Morgan fingerprint density at radius 2 is 1.32 bits per heavy atom. The third-order valence-electron chi connectivity index (χ3n) is 8.19. The van der Waals surface area contributed by atoms with Crippen LogP contribution >= 0.6 is 0 Å². The minimum absolute atomic E-state index is 0.306. The van der Waals surface area contributed by atoms with Gasteiger partial charge in [-0.1, -0.05) is 76.8 Å². The number of imidazole rings is 2. The maximum Gasteiger partial charge on any atom is 0.109 e. The monoisotopic (exact) mass is 535 g/mol. The van der Waals surface area contributed by atoms with Crippen molar-refractivity contribution >= 4 is 66.5 Å². The second kappa shape index (κ2) is 9.41. The van der Waals surface area contributed by atoms with E-state index in [4.69, 9.17) is 9.97 Å². The standard InChI is InChI=1S/C36H33N5/c1-7-9-24-23(8-2)31-32(39-35(38-31)19(3)4)26-12-10-21(16-28(24)26)22-11-13-27-29(17-22)25-14-15-37-18-30(25)34-33(27)40-36(41-34)20(5)6/h7-20H,2H2,1,3-6H3,(H,38,39)(H,40,41)/b9-7-. The molecule has 0 spiro atoms. The van der Waals surface area contributed by atoms with Gasteiger partial charge in [-0.05, 0) is 58.0 Å². The molecule has 0 aliphatic carbocycles. The number of fused-ring (bicyclic) bond motifs is 9. The molecule has 3 aromatic heterocycles. The molecule has 0 saturated carbocycles. The van der Waals surface area contributed by atoms with E-state index in [1.807, 2.05) is 18.5 Å². The lowest BCUT2D eigenvalue weighted by Gasteiger charge is -2.13. The zero-order valence-corrected chi connectivity index (χ0v) is 24.1. The predicted octanol–water partition coefficient (Wildman–Crippen LogP) is 9.88. The Labute approximate surface area is 239 Å². The van der Waals surface area contributed by atoms with Crippen molar-refractivity contribution in [1.29, 1.82) is 0 Å². The van der Waals surface area contributed by atoms with E-state index in [1.165, 1.54) is 16.2 Å². The van der Waals surface area contributed by atoms with Gasteiger partial charge < -0.3 is 9.97 Å². The first-order valence-corrected chi connectivity index (χ1v) is 14.3. The second-order valence-electron chi connectivity index (χ2n) is 11.5. The number of nitrogens with one attached hydrogen (secondary N) is 2. The average molecular weight is 536 g/mol. The molecule has 0 atom stereocenters. The van der Waals surface area contributed by atoms with E-state index in [9.17, 15) is 0 Å². The van der Waals surface area contributed by atoms with Gasteiger partial charge in [0.1, 0.15) is 11.6 Å². The van der Waals surface area contributed by atoms with Gasteiger partial charge >= 0.3 is 0 Å². The lowest BCUT2D eigenvalue weighted by molar-refractivity contribution is 0.799. The Morgan fingerprint density at radius 3 is 1.98 bits per heavy atom. The van der Waals surface area contributed by atoms with E-state index in [2.05, 4.69) is 111 Å². The first-order chi connectivity index (χ1) is 19.9. The minimum Gasteiger partial charge on any atom is -0.341 e. The summed E-state index contributed by atoms with van der Waals surface area (Å²) in [5.41, 5.74) is 8.67. The molecule has 7 rings (SSSR count). The van der Waals surface area contributed by atoms with E-state index in [0.717, 1.165) is 72.1 Å². The summed E-state index contributed by atoms with van der Waals surface area (Å²) < 4.78 is 0. The van der Waals surface area contributed by atoms with Crippen molar-refractivity contribution in [3.63, 3.8) is 0 Å². The van der Waals surface area contributed by atoms with Gasteiger partial charge in [0.25, 0.3) is 0 Å². The fourth-order valence-corrected chi connectivity index (χ4v) is 6.08. The van der Waals surface area contributed by atoms with Crippen LogP contribution in [0.2, 0.25) is 0 Å². The number of H-pyrrole nitrogens is 2. The molecule has 2 N–H and O–H groups in total. The lowest BCUT2D eigenvalue weighted by atomic mass is 9.92. The Bertz CT molecular complexity index is 2190. The van der Waals surface area contributed by atoms with Crippen LogP contribution in [-0.2, 0) is 0 Å². The van der Waals surface area contributed by atoms with Crippen LogP contribution in [-0.4, -0.2) is 24.9 Å². The van der Waals surface area contributed by atoms with E-state index in [-0.39, 0.29) is 0 Å². The topological polar surface area (TPSA) is 70.2 Å². The molecule has 202 valence electrons. The summed E-state index contributed by atoms with van der Waals surface area (Å²) in [6.45, 7) is 14.9. The summed E-state index contributed by atoms with van der Waals surface area (Å²) >= 11 is 0. The van der Waals surface area contributed by atoms with E-state index in [0.29, 0.717) is 11.8 Å². The van der Waals surface area contributed by atoms with Crippen molar-refractivity contribution in [2.75, 3.05) is 0 Å². The second-order valence-corrected chi connectivity index (χ2v) is 11.5. The molecule has 7 aromatic rings. The molecule has 0 unspecified atom stereocenters. The maximum absolute atomic E-state index is 5.03. The molecular weight excluding hydrogens is 502 g/mol. The quantitative estimate of drug-likeness (QED) is 0.215. The predicted molar refractivity (Wildman–Crippen MR) is 174 cm³/mol. The van der Waals surface area contributed by atoms with Gasteiger partial charge in [-0.3, -0.25) is 4.98 Å². The molecule has 0 aliphatic heterocycles. The van der Waals surface area contributed by atoms with Crippen molar-refractivity contribution in [3.05, 3.63) is 90.3 Å². The fourth-order valence-electron chi connectivity index (χ4n) is 6.08. The van der Waals surface area contributed by atoms with Crippen molar-refractivity contribution in [3.8, 4) is 11.1 Å². The van der Waals surface area contributed by atoms with Gasteiger partial charge in [0, 0.05) is 46.0 Å². The summed E-state index contributed by atoms with van der Waals surface area (Å²) in [4.78, 5) is 21.6. The lowest BCUT2D eigenvalue weighted by Crippen LogP contribution is -1.90. The summed E-state index contributed by atoms with van der Waals surface area (Å²) in [6.07, 6.45) is 10.0. The van der Waals surface area contributed by atoms with Gasteiger partial charge in [0.05, 0.1) is 22.1 Å². The first kappa shape index (κ1) is 25.2. The molecule has 41 heavy (non-hydrogen) atoms. The molecule has 0 saturated heterocycles. The third-order valence-corrected chi connectivity index (χ3v) is 8.19. The van der Waals surface area contributed by atoms with E-state index >= 15 is 0 Å². The molecule has 0 radical (unpaired) electrons. The Kier molecular flexibility index (Phi) is 5.79. The van der Waals surface area contributed by atoms with Gasteiger partial charge in [0.15, 0.2) is 0 Å². The Balaban J connectivity index is 1.51. The highest BCUT2D eigenvalue weighted by Gasteiger charge is 2.18. The normalized spacial score (nSPS) is 12.5.